The molecule has 21 heavy (non-hydrogen) atoms. The largest absolute Gasteiger partial charge is 0.399 e. The van der Waals surface area contributed by atoms with Gasteiger partial charge in [-0.2, -0.15) is 0 Å². The first-order chi connectivity index (χ1) is 10.1. The Kier molecular flexibility index (Phi) is 3.74. The fourth-order valence-corrected chi connectivity index (χ4v) is 3.05. The molecule has 110 valence electrons. The predicted octanol–water partition coefficient (Wildman–Crippen LogP) is 1.83. The van der Waals surface area contributed by atoms with Crippen LogP contribution < -0.4 is 10.6 Å². The van der Waals surface area contributed by atoms with Crippen LogP contribution in [0.1, 0.15) is 10.4 Å². The zero-order valence-electron chi connectivity index (χ0n) is 11.3. The van der Waals surface area contributed by atoms with Crippen LogP contribution in [0.4, 0.5) is 15.2 Å². The molecule has 1 saturated heterocycles. The number of hydrogen-bond acceptors (Lipinski definition) is 5. The van der Waals surface area contributed by atoms with Crippen molar-refractivity contribution in [1.82, 2.24) is 9.88 Å². The summed E-state index contributed by atoms with van der Waals surface area (Å²) in [6.07, 6.45) is 1.76. The lowest BCUT2D eigenvalue weighted by molar-refractivity contribution is 0.0742. The smallest absolute Gasteiger partial charge is 0.257 e. The second-order valence-corrected chi connectivity index (χ2v) is 5.71. The second-order valence-electron chi connectivity index (χ2n) is 4.83. The molecule has 1 aromatic carbocycles. The Balaban J connectivity index is 1.69. The molecule has 1 aromatic heterocycles. The monoisotopic (exact) mass is 306 g/mol. The van der Waals surface area contributed by atoms with Crippen LogP contribution in [-0.2, 0) is 0 Å². The zero-order valence-corrected chi connectivity index (χ0v) is 12.1. The lowest BCUT2D eigenvalue weighted by Gasteiger charge is -2.34. The van der Waals surface area contributed by atoms with E-state index < -0.39 is 5.82 Å². The Morgan fingerprint density at radius 2 is 2.05 bits per heavy atom. The van der Waals surface area contributed by atoms with Crippen molar-refractivity contribution in [2.75, 3.05) is 36.8 Å². The van der Waals surface area contributed by atoms with Crippen LogP contribution in [0.15, 0.2) is 29.8 Å². The fourth-order valence-electron chi connectivity index (χ4n) is 2.35. The van der Waals surface area contributed by atoms with E-state index in [1.807, 2.05) is 5.38 Å². The number of piperazine rings is 1. The third kappa shape index (κ3) is 2.82. The number of halogens is 1. The lowest BCUT2D eigenvalue weighted by Crippen LogP contribution is -2.49. The van der Waals surface area contributed by atoms with Crippen LogP contribution in [0.2, 0.25) is 0 Å². The fraction of sp³-hybridized carbons (Fsp3) is 0.286. The van der Waals surface area contributed by atoms with Gasteiger partial charge in [-0.05, 0) is 18.2 Å². The number of hydrogen-bond donors (Lipinski definition) is 1. The van der Waals surface area contributed by atoms with Gasteiger partial charge in [-0.3, -0.25) is 4.79 Å². The minimum absolute atomic E-state index is 0.0395. The molecule has 0 atom stereocenters. The minimum atomic E-state index is -0.531. The van der Waals surface area contributed by atoms with E-state index in [9.17, 15) is 9.18 Å². The van der Waals surface area contributed by atoms with Crippen LogP contribution >= 0.6 is 11.3 Å². The number of carbonyl (C=O) groups is 1. The Hall–Kier alpha value is -2.15. The third-order valence-corrected chi connectivity index (χ3v) is 4.31. The Morgan fingerprint density at radius 1 is 1.29 bits per heavy atom. The molecule has 1 fully saturated rings. The molecule has 0 radical (unpaired) electrons. The van der Waals surface area contributed by atoms with E-state index in [1.165, 1.54) is 18.2 Å². The average molecular weight is 306 g/mol. The number of nitrogens with two attached hydrogens (primary N) is 1. The minimum Gasteiger partial charge on any atom is -0.399 e. The Morgan fingerprint density at radius 3 is 2.71 bits per heavy atom. The first kappa shape index (κ1) is 13.8. The molecule has 0 bridgehead atoms. The highest BCUT2D eigenvalue weighted by atomic mass is 32.1. The molecule has 0 saturated carbocycles. The molecule has 1 aliphatic rings. The topological polar surface area (TPSA) is 62.5 Å². The lowest BCUT2D eigenvalue weighted by atomic mass is 10.1. The SMILES string of the molecule is Nc1ccc(F)c(C(=O)N2CCN(c3nccs3)CC2)c1. The van der Waals surface area contributed by atoms with Crippen molar-refractivity contribution in [3.8, 4) is 0 Å². The number of thiazole rings is 1. The predicted molar refractivity (Wildman–Crippen MR) is 81.0 cm³/mol. The van der Waals surface area contributed by atoms with Crippen molar-refractivity contribution in [2.24, 2.45) is 0 Å². The van der Waals surface area contributed by atoms with E-state index in [0.717, 1.165) is 5.13 Å². The maximum absolute atomic E-state index is 13.8. The molecule has 2 N–H and O–H groups in total. The van der Waals surface area contributed by atoms with Gasteiger partial charge >= 0.3 is 0 Å². The first-order valence-corrected chi connectivity index (χ1v) is 7.52. The molecular formula is C14H15FN4OS. The Labute approximate surface area is 125 Å². The van der Waals surface area contributed by atoms with Gasteiger partial charge in [0, 0.05) is 43.4 Å². The van der Waals surface area contributed by atoms with Crippen LogP contribution in [0.3, 0.4) is 0 Å². The molecule has 1 amide bonds. The van der Waals surface area contributed by atoms with Crippen molar-refractivity contribution in [1.29, 1.82) is 0 Å². The van der Waals surface area contributed by atoms with Gasteiger partial charge < -0.3 is 15.5 Å². The summed E-state index contributed by atoms with van der Waals surface area (Å²) in [6, 6.07) is 4.08. The molecule has 2 aromatic rings. The van der Waals surface area contributed by atoms with E-state index in [1.54, 1.807) is 22.4 Å². The normalized spacial score (nSPS) is 15.3. The van der Waals surface area contributed by atoms with Crippen LogP contribution in [-0.4, -0.2) is 42.0 Å². The quantitative estimate of drug-likeness (QED) is 0.860. The van der Waals surface area contributed by atoms with Crippen LogP contribution in [0, 0.1) is 5.82 Å². The summed E-state index contributed by atoms with van der Waals surface area (Å²) in [7, 11) is 0. The summed E-state index contributed by atoms with van der Waals surface area (Å²) in [5.74, 6) is -0.838. The third-order valence-electron chi connectivity index (χ3n) is 3.48. The first-order valence-electron chi connectivity index (χ1n) is 6.64. The number of anilines is 2. The molecule has 1 aliphatic heterocycles. The van der Waals surface area contributed by atoms with Crippen molar-refractivity contribution in [2.45, 2.75) is 0 Å². The number of nitrogen functional groups attached to an aromatic ring is 1. The number of aromatic nitrogens is 1. The highest BCUT2D eigenvalue weighted by molar-refractivity contribution is 7.13. The van der Waals surface area contributed by atoms with Crippen molar-refractivity contribution >= 4 is 28.1 Å². The zero-order chi connectivity index (χ0) is 14.8. The molecule has 3 rings (SSSR count). The van der Waals surface area contributed by atoms with Gasteiger partial charge in [-0.1, -0.05) is 0 Å². The van der Waals surface area contributed by atoms with Gasteiger partial charge in [0.25, 0.3) is 5.91 Å². The molecule has 0 spiro atoms. The van der Waals surface area contributed by atoms with E-state index in [0.29, 0.717) is 31.9 Å². The number of nitrogens with zero attached hydrogens (tertiary/aromatic N) is 3. The molecular weight excluding hydrogens is 291 g/mol. The number of benzene rings is 1. The maximum atomic E-state index is 13.8. The molecule has 0 unspecified atom stereocenters. The standard InChI is InChI=1S/C14H15FN4OS/c15-12-2-1-10(16)9-11(12)13(20)18-4-6-19(7-5-18)14-17-3-8-21-14/h1-3,8-9H,4-7,16H2. The van der Waals surface area contributed by atoms with E-state index in [-0.39, 0.29) is 11.5 Å². The van der Waals surface area contributed by atoms with Crippen LogP contribution in [0.25, 0.3) is 0 Å². The van der Waals surface area contributed by atoms with E-state index >= 15 is 0 Å². The molecule has 5 nitrogen and oxygen atoms in total. The highest BCUT2D eigenvalue weighted by Crippen LogP contribution is 2.20. The molecule has 0 aliphatic carbocycles. The summed E-state index contributed by atoms with van der Waals surface area (Å²) in [6.45, 7) is 2.49. The summed E-state index contributed by atoms with van der Waals surface area (Å²) in [4.78, 5) is 20.4. The maximum Gasteiger partial charge on any atom is 0.257 e. The number of amides is 1. The van der Waals surface area contributed by atoms with Crippen molar-refractivity contribution in [3.63, 3.8) is 0 Å². The number of rotatable bonds is 2. The van der Waals surface area contributed by atoms with Gasteiger partial charge in [0.2, 0.25) is 0 Å². The van der Waals surface area contributed by atoms with E-state index in [2.05, 4.69) is 9.88 Å². The summed E-state index contributed by atoms with van der Waals surface area (Å²) >= 11 is 1.57. The summed E-state index contributed by atoms with van der Waals surface area (Å²) in [5.41, 5.74) is 6.06. The summed E-state index contributed by atoms with van der Waals surface area (Å²) in [5, 5.41) is 2.88. The van der Waals surface area contributed by atoms with Crippen molar-refractivity contribution in [3.05, 3.63) is 41.2 Å². The van der Waals surface area contributed by atoms with Gasteiger partial charge in [0.1, 0.15) is 5.82 Å². The highest BCUT2D eigenvalue weighted by Gasteiger charge is 2.25. The molecule has 2 heterocycles. The average Bonchev–Trinajstić information content (AvgIpc) is 3.03. The Bertz CT molecular complexity index is 638. The second kappa shape index (κ2) is 5.69. The van der Waals surface area contributed by atoms with Gasteiger partial charge in [0.05, 0.1) is 5.56 Å². The van der Waals surface area contributed by atoms with E-state index in [4.69, 9.17) is 5.73 Å². The molecule has 7 heteroatoms. The number of carbonyl (C=O) groups excluding carboxylic acids is 1. The van der Waals surface area contributed by atoms with Gasteiger partial charge in [-0.15, -0.1) is 11.3 Å². The van der Waals surface area contributed by atoms with Crippen LogP contribution in [0.5, 0.6) is 0 Å². The summed E-state index contributed by atoms with van der Waals surface area (Å²) < 4.78 is 13.8. The van der Waals surface area contributed by atoms with Gasteiger partial charge in [-0.25, -0.2) is 9.37 Å². The van der Waals surface area contributed by atoms with Gasteiger partial charge in [0.15, 0.2) is 5.13 Å². The van der Waals surface area contributed by atoms with Crippen molar-refractivity contribution < 1.29 is 9.18 Å².